The average molecular weight is 254 g/mol. The number of piperazine rings is 1. The number of pyridine rings is 1. The highest BCUT2D eigenvalue weighted by molar-refractivity contribution is 5.99. The Balaban J connectivity index is 1.85. The van der Waals surface area contributed by atoms with E-state index in [0.29, 0.717) is 5.84 Å². The van der Waals surface area contributed by atoms with Crippen LogP contribution in [0.2, 0.25) is 0 Å². The van der Waals surface area contributed by atoms with Crippen molar-refractivity contribution in [3.63, 3.8) is 0 Å². The molecule has 0 spiro atoms. The number of nitrogens with one attached hydrogen (secondary N) is 1. The summed E-state index contributed by atoms with van der Waals surface area (Å²) in [5, 5.41) is 9.45. The quantitative estimate of drug-likeness (QED) is 0.623. The van der Waals surface area contributed by atoms with Crippen molar-refractivity contribution in [2.45, 2.75) is 0 Å². The fourth-order valence-electron chi connectivity index (χ4n) is 2.44. The zero-order valence-corrected chi connectivity index (χ0v) is 11.1. The van der Waals surface area contributed by atoms with Gasteiger partial charge in [-0.25, -0.2) is 0 Å². The molecule has 19 heavy (non-hydrogen) atoms. The van der Waals surface area contributed by atoms with Crippen molar-refractivity contribution < 1.29 is 0 Å². The Hall–Kier alpha value is -1.94. The minimum Gasteiger partial charge on any atom is -0.354 e. The minimum atomic E-state index is 0.624. The Morgan fingerprint density at radius 2 is 1.95 bits per heavy atom. The highest BCUT2D eigenvalue weighted by atomic mass is 15.3. The van der Waals surface area contributed by atoms with E-state index in [-0.39, 0.29) is 0 Å². The molecule has 0 radical (unpaired) electrons. The van der Waals surface area contributed by atoms with Crippen LogP contribution in [0.5, 0.6) is 0 Å². The van der Waals surface area contributed by atoms with Gasteiger partial charge in [0.1, 0.15) is 5.84 Å². The monoisotopic (exact) mass is 254 g/mol. The third kappa shape index (κ3) is 2.44. The Bertz CT molecular complexity index is 600. The molecule has 4 nitrogen and oxygen atoms in total. The Morgan fingerprint density at radius 3 is 2.74 bits per heavy atom. The molecule has 1 aromatic carbocycles. The van der Waals surface area contributed by atoms with Crippen LogP contribution in [0.25, 0.3) is 10.9 Å². The van der Waals surface area contributed by atoms with E-state index in [4.69, 9.17) is 5.41 Å². The molecule has 0 atom stereocenters. The van der Waals surface area contributed by atoms with Gasteiger partial charge in [0.25, 0.3) is 0 Å². The van der Waals surface area contributed by atoms with Crippen LogP contribution in [-0.2, 0) is 0 Å². The molecule has 0 saturated carbocycles. The van der Waals surface area contributed by atoms with E-state index in [9.17, 15) is 0 Å². The molecule has 98 valence electrons. The Kier molecular flexibility index (Phi) is 3.17. The zero-order valence-electron chi connectivity index (χ0n) is 11.1. The molecule has 0 unspecified atom stereocenters. The normalized spacial score (nSPS) is 16.8. The van der Waals surface area contributed by atoms with Gasteiger partial charge in [0, 0.05) is 43.3 Å². The van der Waals surface area contributed by atoms with Gasteiger partial charge in [-0.15, -0.1) is 0 Å². The Labute approximate surface area is 113 Å². The molecule has 1 N–H and O–H groups in total. The zero-order chi connectivity index (χ0) is 13.2. The number of aromatic nitrogens is 1. The first-order valence-electron chi connectivity index (χ1n) is 6.61. The molecular weight excluding hydrogens is 236 g/mol. The summed E-state index contributed by atoms with van der Waals surface area (Å²) in [7, 11) is 2.13. The molecule has 2 aromatic rings. The summed E-state index contributed by atoms with van der Waals surface area (Å²) in [6, 6.07) is 10.0. The summed E-state index contributed by atoms with van der Waals surface area (Å²) < 4.78 is 0. The average Bonchev–Trinajstić information content (AvgIpc) is 2.47. The van der Waals surface area contributed by atoms with E-state index < -0.39 is 0 Å². The number of nitrogens with zero attached hydrogens (tertiary/aromatic N) is 3. The molecule has 2 heterocycles. The van der Waals surface area contributed by atoms with E-state index >= 15 is 0 Å². The smallest absolute Gasteiger partial charge is 0.128 e. The van der Waals surface area contributed by atoms with E-state index in [1.165, 1.54) is 0 Å². The molecule has 1 saturated heterocycles. The largest absolute Gasteiger partial charge is 0.354 e. The van der Waals surface area contributed by atoms with Crippen molar-refractivity contribution in [2.24, 2.45) is 0 Å². The first-order chi connectivity index (χ1) is 9.24. The van der Waals surface area contributed by atoms with Crippen molar-refractivity contribution >= 4 is 16.7 Å². The third-order valence-corrected chi connectivity index (χ3v) is 3.70. The summed E-state index contributed by atoms with van der Waals surface area (Å²) >= 11 is 0. The highest BCUT2D eigenvalue weighted by Gasteiger charge is 2.17. The number of likely N-dealkylation sites (N-methyl/N-ethyl adjacent to an activating group) is 1. The van der Waals surface area contributed by atoms with Gasteiger partial charge in [0.05, 0.1) is 5.52 Å². The van der Waals surface area contributed by atoms with Crippen molar-refractivity contribution in [1.82, 2.24) is 14.8 Å². The lowest BCUT2D eigenvalue weighted by Crippen LogP contribution is -2.47. The van der Waals surface area contributed by atoms with E-state index in [0.717, 1.165) is 42.6 Å². The standard InChI is InChI=1S/C15H18N4/c1-18-7-9-19(10-8-18)15(16)13-4-5-14-12(11-13)3-2-6-17-14/h2-6,11,16H,7-10H2,1H3. The predicted molar refractivity (Wildman–Crippen MR) is 77.6 cm³/mol. The van der Waals surface area contributed by atoms with Crippen molar-refractivity contribution in [3.8, 4) is 0 Å². The summed E-state index contributed by atoms with van der Waals surface area (Å²) in [5.74, 6) is 0.624. The lowest BCUT2D eigenvalue weighted by molar-refractivity contribution is 0.215. The van der Waals surface area contributed by atoms with Gasteiger partial charge < -0.3 is 9.80 Å². The van der Waals surface area contributed by atoms with Gasteiger partial charge >= 0.3 is 0 Å². The van der Waals surface area contributed by atoms with Crippen molar-refractivity contribution in [3.05, 3.63) is 42.1 Å². The third-order valence-electron chi connectivity index (χ3n) is 3.70. The lowest BCUT2D eigenvalue weighted by atomic mass is 10.1. The number of fused-ring (bicyclic) bond motifs is 1. The first-order valence-corrected chi connectivity index (χ1v) is 6.61. The summed E-state index contributed by atoms with van der Waals surface area (Å²) in [5.41, 5.74) is 1.96. The lowest BCUT2D eigenvalue weighted by Gasteiger charge is -2.34. The van der Waals surface area contributed by atoms with Crippen LogP contribution in [-0.4, -0.2) is 53.8 Å². The molecule has 4 heteroatoms. The maximum atomic E-state index is 8.35. The van der Waals surface area contributed by atoms with Crippen molar-refractivity contribution in [1.29, 1.82) is 5.41 Å². The maximum absolute atomic E-state index is 8.35. The SMILES string of the molecule is CN1CCN(C(=N)c2ccc3ncccc3c2)CC1. The van der Waals surface area contributed by atoms with Gasteiger partial charge in [-0.05, 0) is 31.3 Å². The van der Waals surface area contributed by atoms with Gasteiger partial charge in [-0.3, -0.25) is 10.4 Å². The Morgan fingerprint density at radius 1 is 1.16 bits per heavy atom. The van der Waals surface area contributed by atoms with Crippen LogP contribution in [0.4, 0.5) is 0 Å². The van der Waals surface area contributed by atoms with E-state index in [1.54, 1.807) is 6.20 Å². The molecule has 3 rings (SSSR count). The second kappa shape index (κ2) is 4.97. The van der Waals surface area contributed by atoms with Crippen molar-refractivity contribution in [2.75, 3.05) is 33.2 Å². The fraction of sp³-hybridized carbons (Fsp3) is 0.333. The van der Waals surface area contributed by atoms with Crippen LogP contribution in [0, 0.1) is 5.41 Å². The summed E-state index contributed by atoms with van der Waals surface area (Å²) in [6.07, 6.45) is 1.80. The van der Waals surface area contributed by atoms with Crippen LogP contribution < -0.4 is 0 Å². The topological polar surface area (TPSA) is 43.2 Å². The molecule has 1 aromatic heterocycles. The first kappa shape index (κ1) is 12.1. The van der Waals surface area contributed by atoms with Gasteiger partial charge in [-0.1, -0.05) is 6.07 Å². The molecule has 0 aliphatic carbocycles. The maximum Gasteiger partial charge on any atom is 0.128 e. The van der Waals surface area contributed by atoms with Gasteiger partial charge in [-0.2, -0.15) is 0 Å². The van der Waals surface area contributed by atoms with Gasteiger partial charge in [0.2, 0.25) is 0 Å². The molecule has 0 amide bonds. The number of amidine groups is 1. The summed E-state index contributed by atoms with van der Waals surface area (Å²) in [6.45, 7) is 3.91. The number of rotatable bonds is 1. The van der Waals surface area contributed by atoms with Crippen LogP contribution in [0.15, 0.2) is 36.5 Å². The second-order valence-electron chi connectivity index (χ2n) is 5.05. The van der Waals surface area contributed by atoms with Crippen LogP contribution in [0.1, 0.15) is 5.56 Å². The van der Waals surface area contributed by atoms with E-state index in [1.807, 2.05) is 24.3 Å². The number of hydrogen-bond acceptors (Lipinski definition) is 3. The predicted octanol–water partition coefficient (Wildman–Crippen LogP) is 1.81. The molecule has 1 aliphatic heterocycles. The minimum absolute atomic E-state index is 0.624. The van der Waals surface area contributed by atoms with E-state index in [2.05, 4.69) is 27.9 Å². The second-order valence-corrected chi connectivity index (χ2v) is 5.05. The number of benzene rings is 1. The summed E-state index contributed by atoms with van der Waals surface area (Å²) in [4.78, 5) is 8.76. The fourth-order valence-corrected chi connectivity index (χ4v) is 2.44. The number of hydrogen-bond donors (Lipinski definition) is 1. The van der Waals surface area contributed by atoms with Crippen LogP contribution >= 0.6 is 0 Å². The molecule has 1 fully saturated rings. The van der Waals surface area contributed by atoms with Crippen LogP contribution in [0.3, 0.4) is 0 Å². The molecule has 1 aliphatic rings. The molecule has 0 bridgehead atoms. The highest BCUT2D eigenvalue weighted by Crippen LogP contribution is 2.15. The van der Waals surface area contributed by atoms with Gasteiger partial charge in [0.15, 0.2) is 0 Å². The molecular formula is C15H18N4.